The highest BCUT2D eigenvalue weighted by molar-refractivity contribution is 5.74. The molecule has 0 bridgehead atoms. The minimum absolute atomic E-state index is 0.185. The number of aldehydes is 1. The summed E-state index contributed by atoms with van der Waals surface area (Å²) in [6.45, 7) is 7.45. The fourth-order valence-corrected chi connectivity index (χ4v) is 1.19. The maximum Gasteiger partial charge on any atom is 0.307 e. The Bertz CT molecular complexity index is 191. The van der Waals surface area contributed by atoms with Crippen LogP contribution in [0.4, 0.5) is 0 Å². The maximum atomic E-state index is 11.3. The summed E-state index contributed by atoms with van der Waals surface area (Å²) in [5, 5.41) is 0. The molecule has 3 nitrogen and oxygen atoms in total. The molecule has 1 atom stereocenters. The van der Waals surface area contributed by atoms with Gasteiger partial charge in [-0.05, 0) is 27.2 Å². The van der Waals surface area contributed by atoms with Gasteiger partial charge in [-0.15, -0.1) is 0 Å². The van der Waals surface area contributed by atoms with Crippen molar-refractivity contribution in [1.82, 2.24) is 0 Å². The SMILES string of the molecule is CCC[C@@H](C=O)CC(=O)OC(C)(C)C. The number of hydrogen-bond donors (Lipinski definition) is 0. The van der Waals surface area contributed by atoms with Crippen LogP contribution in [0.1, 0.15) is 47.0 Å². The van der Waals surface area contributed by atoms with Crippen molar-refractivity contribution in [2.75, 3.05) is 0 Å². The highest BCUT2D eigenvalue weighted by Crippen LogP contribution is 2.13. The molecule has 14 heavy (non-hydrogen) atoms. The lowest BCUT2D eigenvalue weighted by Crippen LogP contribution is -2.25. The number of esters is 1. The minimum Gasteiger partial charge on any atom is -0.460 e. The van der Waals surface area contributed by atoms with E-state index >= 15 is 0 Å². The summed E-state index contributed by atoms with van der Waals surface area (Å²) in [6, 6.07) is 0. The van der Waals surface area contributed by atoms with Gasteiger partial charge in [-0.1, -0.05) is 13.3 Å². The zero-order valence-corrected chi connectivity index (χ0v) is 9.50. The topological polar surface area (TPSA) is 43.4 Å². The van der Waals surface area contributed by atoms with E-state index in [0.717, 1.165) is 19.1 Å². The summed E-state index contributed by atoms with van der Waals surface area (Å²) in [5.74, 6) is -0.474. The molecular weight excluding hydrogens is 180 g/mol. The molecule has 0 aliphatic heterocycles. The monoisotopic (exact) mass is 200 g/mol. The quantitative estimate of drug-likeness (QED) is 0.505. The predicted octanol–water partition coefficient (Wildman–Crippen LogP) is 2.33. The Balaban J connectivity index is 3.97. The molecular formula is C11H20O3. The van der Waals surface area contributed by atoms with E-state index in [9.17, 15) is 9.59 Å². The Morgan fingerprint density at radius 3 is 2.36 bits per heavy atom. The number of rotatable bonds is 5. The van der Waals surface area contributed by atoms with Crippen LogP contribution in [0.5, 0.6) is 0 Å². The number of hydrogen-bond acceptors (Lipinski definition) is 3. The van der Waals surface area contributed by atoms with Gasteiger partial charge in [0.2, 0.25) is 0 Å². The first kappa shape index (κ1) is 13.1. The van der Waals surface area contributed by atoms with Crippen molar-refractivity contribution in [2.24, 2.45) is 5.92 Å². The van der Waals surface area contributed by atoms with E-state index in [1.807, 2.05) is 27.7 Å². The smallest absolute Gasteiger partial charge is 0.307 e. The van der Waals surface area contributed by atoms with Crippen molar-refractivity contribution >= 4 is 12.3 Å². The Kier molecular flexibility index (Phi) is 5.43. The normalized spacial score (nSPS) is 13.4. The van der Waals surface area contributed by atoms with Crippen LogP contribution in [-0.4, -0.2) is 17.9 Å². The van der Waals surface area contributed by atoms with Crippen molar-refractivity contribution in [3.05, 3.63) is 0 Å². The van der Waals surface area contributed by atoms with Gasteiger partial charge in [0.1, 0.15) is 11.9 Å². The van der Waals surface area contributed by atoms with Crippen molar-refractivity contribution in [3.63, 3.8) is 0 Å². The fraction of sp³-hybridized carbons (Fsp3) is 0.818. The number of carbonyl (C=O) groups is 2. The van der Waals surface area contributed by atoms with Crippen LogP contribution in [-0.2, 0) is 14.3 Å². The van der Waals surface area contributed by atoms with E-state index in [0.29, 0.717) is 0 Å². The van der Waals surface area contributed by atoms with Gasteiger partial charge in [0.05, 0.1) is 6.42 Å². The molecule has 0 aliphatic rings. The molecule has 0 fully saturated rings. The standard InChI is InChI=1S/C11H20O3/c1-5-6-9(8-12)7-10(13)14-11(2,3)4/h8-9H,5-7H2,1-4H3/t9-/m1/s1. The van der Waals surface area contributed by atoms with Gasteiger partial charge >= 0.3 is 5.97 Å². The lowest BCUT2D eigenvalue weighted by atomic mass is 10.0. The van der Waals surface area contributed by atoms with Crippen molar-refractivity contribution < 1.29 is 14.3 Å². The van der Waals surface area contributed by atoms with Gasteiger partial charge in [-0.25, -0.2) is 0 Å². The molecule has 0 saturated heterocycles. The zero-order chi connectivity index (χ0) is 11.2. The van der Waals surface area contributed by atoms with Gasteiger partial charge in [-0.3, -0.25) is 4.79 Å². The predicted molar refractivity (Wildman–Crippen MR) is 54.9 cm³/mol. The van der Waals surface area contributed by atoms with Crippen LogP contribution in [0, 0.1) is 5.92 Å². The molecule has 0 spiro atoms. The summed E-state index contributed by atoms with van der Waals surface area (Å²) >= 11 is 0. The van der Waals surface area contributed by atoms with Gasteiger partial charge in [-0.2, -0.15) is 0 Å². The molecule has 0 amide bonds. The van der Waals surface area contributed by atoms with E-state index < -0.39 is 5.60 Å². The molecule has 0 saturated carbocycles. The van der Waals surface area contributed by atoms with E-state index in [1.54, 1.807) is 0 Å². The highest BCUT2D eigenvalue weighted by atomic mass is 16.6. The lowest BCUT2D eigenvalue weighted by molar-refractivity contribution is -0.156. The van der Waals surface area contributed by atoms with E-state index in [1.165, 1.54) is 0 Å². The van der Waals surface area contributed by atoms with Crippen LogP contribution in [0.15, 0.2) is 0 Å². The average molecular weight is 200 g/mol. The van der Waals surface area contributed by atoms with E-state index in [-0.39, 0.29) is 18.3 Å². The third-order valence-corrected chi connectivity index (χ3v) is 1.70. The highest BCUT2D eigenvalue weighted by Gasteiger charge is 2.19. The Labute approximate surface area is 85.8 Å². The molecule has 0 N–H and O–H groups in total. The molecule has 0 aromatic carbocycles. The van der Waals surface area contributed by atoms with Crippen molar-refractivity contribution in [2.45, 2.75) is 52.6 Å². The first-order chi connectivity index (χ1) is 6.39. The van der Waals surface area contributed by atoms with Crippen molar-refractivity contribution in [3.8, 4) is 0 Å². The summed E-state index contributed by atoms with van der Waals surface area (Å²) in [4.78, 5) is 21.9. The Hall–Kier alpha value is -0.860. The average Bonchev–Trinajstić information content (AvgIpc) is 2.00. The van der Waals surface area contributed by atoms with Gasteiger partial charge < -0.3 is 9.53 Å². The third kappa shape index (κ3) is 6.63. The minimum atomic E-state index is -0.462. The van der Waals surface area contributed by atoms with Crippen LogP contribution < -0.4 is 0 Å². The van der Waals surface area contributed by atoms with Crippen molar-refractivity contribution in [1.29, 1.82) is 0 Å². The molecule has 0 heterocycles. The summed E-state index contributed by atoms with van der Waals surface area (Å²) in [6.07, 6.45) is 2.71. The number of ether oxygens (including phenoxy) is 1. The first-order valence-electron chi connectivity index (χ1n) is 5.06. The zero-order valence-electron chi connectivity index (χ0n) is 9.50. The summed E-state index contributed by atoms with van der Waals surface area (Å²) < 4.78 is 5.12. The molecule has 0 rings (SSSR count). The Morgan fingerprint density at radius 2 is 2.00 bits per heavy atom. The second-order valence-electron chi connectivity index (χ2n) is 4.48. The van der Waals surface area contributed by atoms with Crippen LogP contribution in [0.2, 0.25) is 0 Å². The third-order valence-electron chi connectivity index (χ3n) is 1.70. The van der Waals surface area contributed by atoms with E-state index in [4.69, 9.17) is 4.74 Å². The summed E-state index contributed by atoms with van der Waals surface area (Å²) in [7, 11) is 0. The molecule has 82 valence electrons. The molecule has 3 heteroatoms. The van der Waals surface area contributed by atoms with Crippen LogP contribution in [0.3, 0.4) is 0 Å². The fourth-order valence-electron chi connectivity index (χ4n) is 1.19. The van der Waals surface area contributed by atoms with Gasteiger partial charge in [0.25, 0.3) is 0 Å². The van der Waals surface area contributed by atoms with Gasteiger partial charge in [0, 0.05) is 5.92 Å². The first-order valence-corrected chi connectivity index (χ1v) is 5.06. The molecule has 0 radical (unpaired) electrons. The largest absolute Gasteiger partial charge is 0.460 e. The van der Waals surface area contributed by atoms with Crippen LogP contribution in [0.25, 0.3) is 0 Å². The van der Waals surface area contributed by atoms with Crippen LogP contribution >= 0.6 is 0 Å². The summed E-state index contributed by atoms with van der Waals surface area (Å²) in [5.41, 5.74) is -0.462. The maximum absolute atomic E-state index is 11.3. The second-order valence-corrected chi connectivity index (χ2v) is 4.48. The lowest BCUT2D eigenvalue weighted by Gasteiger charge is -2.20. The molecule has 0 aliphatic carbocycles. The Morgan fingerprint density at radius 1 is 1.43 bits per heavy atom. The molecule has 0 unspecified atom stereocenters. The molecule has 0 aromatic rings. The second kappa shape index (κ2) is 5.78. The molecule has 0 aromatic heterocycles. The van der Waals surface area contributed by atoms with Gasteiger partial charge in [0.15, 0.2) is 0 Å². The van der Waals surface area contributed by atoms with E-state index in [2.05, 4.69) is 0 Å². The number of carbonyl (C=O) groups excluding carboxylic acids is 2.